The first kappa shape index (κ1) is 17.3. The zero-order valence-electron chi connectivity index (χ0n) is 12.1. The maximum Gasteiger partial charge on any atom is 0.417 e. The summed E-state index contributed by atoms with van der Waals surface area (Å²) in [6.07, 6.45) is -2.94. The number of benzene rings is 2. The second-order valence-corrected chi connectivity index (χ2v) is 5.60. The van der Waals surface area contributed by atoms with Gasteiger partial charge in [0.2, 0.25) is 0 Å². The molecule has 0 saturated heterocycles. The Morgan fingerprint density at radius 1 is 1.17 bits per heavy atom. The minimum atomic E-state index is -4.81. The van der Waals surface area contributed by atoms with E-state index in [1.165, 1.54) is 11.8 Å². The van der Waals surface area contributed by atoms with Crippen LogP contribution < -0.4 is 5.32 Å². The molecule has 122 valence electrons. The van der Waals surface area contributed by atoms with Crippen molar-refractivity contribution in [3.63, 3.8) is 0 Å². The molecule has 0 fully saturated rings. The van der Waals surface area contributed by atoms with Gasteiger partial charge in [0, 0.05) is 11.4 Å². The highest BCUT2D eigenvalue weighted by atomic mass is 32.2. The highest BCUT2D eigenvalue weighted by Gasteiger charge is 2.35. The van der Waals surface area contributed by atoms with Gasteiger partial charge in [-0.05, 0) is 36.1 Å². The van der Waals surface area contributed by atoms with E-state index in [4.69, 9.17) is 0 Å². The molecule has 0 radical (unpaired) electrons. The molecule has 1 amide bonds. The van der Waals surface area contributed by atoms with E-state index in [1.54, 1.807) is 24.3 Å². The van der Waals surface area contributed by atoms with Crippen molar-refractivity contribution in [2.24, 2.45) is 0 Å². The smallest absolute Gasteiger partial charge is 0.322 e. The Balaban J connectivity index is 2.36. The molecule has 2 aromatic carbocycles. The van der Waals surface area contributed by atoms with Gasteiger partial charge in [-0.3, -0.25) is 4.79 Å². The number of amides is 1. The number of carbonyl (C=O) groups excluding carboxylic acids is 1. The Labute approximate surface area is 134 Å². The van der Waals surface area contributed by atoms with Crippen molar-refractivity contribution in [2.45, 2.75) is 11.9 Å². The fraction of sp³-hybridized carbons (Fsp3) is 0.188. The van der Waals surface area contributed by atoms with Gasteiger partial charge in [-0.2, -0.15) is 24.9 Å². The minimum absolute atomic E-state index is 0.322. The molecule has 0 saturated carbocycles. The topological polar surface area (TPSA) is 29.1 Å². The highest BCUT2D eigenvalue weighted by Crippen LogP contribution is 2.33. The van der Waals surface area contributed by atoms with Crippen molar-refractivity contribution >= 4 is 23.4 Å². The second-order valence-electron chi connectivity index (χ2n) is 4.73. The summed E-state index contributed by atoms with van der Waals surface area (Å²) in [7, 11) is 0. The predicted molar refractivity (Wildman–Crippen MR) is 83.0 cm³/mol. The van der Waals surface area contributed by atoms with E-state index in [9.17, 15) is 22.4 Å². The van der Waals surface area contributed by atoms with Crippen molar-refractivity contribution in [3.05, 3.63) is 65.0 Å². The number of alkyl halides is 3. The van der Waals surface area contributed by atoms with Gasteiger partial charge in [-0.1, -0.05) is 18.2 Å². The first-order valence-corrected chi connectivity index (χ1v) is 7.97. The Hall–Kier alpha value is -2.02. The molecule has 0 aliphatic rings. The monoisotopic (exact) mass is 343 g/mol. The lowest BCUT2D eigenvalue weighted by Gasteiger charge is -2.14. The van der Waals surface area contributed by atoms with E-state index in [2.05, 4.69) is 5.32 Å². The number of hydrogen-bond donors (Lipinski definition) is 1. The first-order chi connectivity index (χ1) is 10.8. The number of thioether (sulfide) groups is 1. The number of rotatable bonds is 4. The molecule has 0 unspecified atom stereocenters. The van der Waals surface area contributed by atoms with Crippen LogP contribution in [0.25, 0.3) is 0 Å². The molecule has 1 N–H and O–H groups in total. The lowest BCUT2D eigenvalue weighted by Crippen LogP contribution is -2.19. The van der Waals surface area contributed by atoms with Crippen LogP contribution in [0.2, 0.25) is 0 Å². The normalized spacial score (nSPS) is 11.3. The summed E-state index contributed by atoms with van der Waals surface area (Å²) in [6.45, 7) is 0. The second kappa shape index (κ2) is 7.04. The number of halogens is 4. The largest absolute Gasteiger partial charge is 0.417 e. The van der Waals surface area contributed by atoms with E-state index in [0.29, 0.717) is 17.5 Å². The SMILES string of the molecule is CSCc1ccccc1NC(=O)c1ccc(F)cc1C(F)(F)F. The maximum atomic E-state index is 13.1. The lowest BCUT2D eigenvalue weighted by molar-refractivity contribution is -0.138. The summed E-state index contributed by atoms with van der Waals surface area (Å²) >= 11 is 1.52. The van der Waals surface area contributed by atoms with Crippen molar-refractivity contribution in [3.8, 4) is 0 Å². The van der Waals surface area contributed by atoms with Gasteiger partial charge in [-0.25, -0.2) is 4.39 Å². The quantitative estimate of drug-likeness (QED) is 0.795. The van der Waals surface area contributed by atoms with E-state index >= 15 is 0 Å². The molecule has 2 rings (SSSR count). The summed E-state index contributed by atoms with van der Waals surface area (Å²) in [5.41, 5.74) is -0.677. The molecular weight excluding hydrogens is 330 g/mol. The van der Waals surface area contributed by atoms with Crippen LogP contribution in [0.1, 0.15) is 21.5 Å². The van der Waals surface area contributed by atoms with Gasteiger partial charge in [0.05, 0.1) is 11.1 Å². The molecule has 0 aliphatic carbocycles. The Bertz CT molecular complexity index is 715. The molecule has 7 heteroatoms. The van der Waals surface area contributed by atoms with Gasteiger partial charge in [0.1, 0.15) is 5.82 Å². The molecule has 0 aliphatic heterocycles. The summed E-state index contributed by atoms with van der Waals surface area (Å²) in [6, 6.07) is 8.84. The fourth-order valence-corrected chi connectivity index (χ4v) is 2.63. The zero-order chi connectivity index (χ0) is 17.0. The van der Waals surface area contributed by atoms with Crippen molar-refractivity contribution in [1.82, 2.24) is 0 Å². The van der Waals surface area contributed by atoms with Gasteiger partial charge < -0.3 is 5.32 Å². The van der Waals surface area contributed by atoms with Gasteiger partial charge in [0.25, 0.3) is 5.91 Å². The van der Waals surface area contributed by atoms with Crippen LogP contribution in [0.15, 0.2) is 42.5 Å². The summed E-state index contributed by atoms with van der Waals surface area (Å²) in [5.74, 6) is -1.37. The molecule has 0 aromatic heterocycles. The van der Waals surface area contributed by atoms with E-state index in [-0.39, 0.29) is 0 Å². The lowest BCUT2D eigenvalue weighted by atomic mass is 10.1. The molecular formula is C16H13F4NOS. The van der Waals surface area contributed by atoms with Crippen LogP contribution >= 0.6 is 11.8 Å². The van der Waals surface area contributed by atoms with Crippen LogP contribution in [0.4, 0.5) is 23.2 Å². The molecule has 0 spiro atoms. The number of para-hydroxylation sites is 1. The summed E-state index contributed by atoms with van der Waals surface area (Å²) < 4.78 is 52.0. The Kier molecular flexibility index (Phi) is 5.30. The fourth-order valence-electron chi connectivity index (χ4n) is 2.06. The maximum absolute atomic E-state index is 13.1. The molecule has 2 nitrogen and oxygen atoms in total. The minimum Gasteiger partial charge on any atom is -0.322 e. The molecule has 0 heterocycles. The van der Waals surface area contributed by atoms with E-state index in [0.717, 1.165) is 17.7 Å². The Morgan fingerprint density at radius 2 is 1.87 bits per heavy atom. The number of nitrogens with one attached hydrogen (secondary N) is 1. The first-order valence-electron chi connectivity index (χ1n) is 6.58. The number of anilines is 1. The highest BCUT2D eigenvalue weighted by molar-refractivity contribution is 7.97. The van der Waals surface area contributed by atoms with Crippen LogP contribution in [0.5, 0.6) is 0 Å². The van der Waals surface area contributed by atoms with Crippen LogP contribution in [-0.4, -0.2) is 12.2 Å². The van der Waals surface area contributed by atoms with Crippen LogP contribution in [0, 0.1) is 5.82 Å². The summed E-state index contributed by atoms with van der Waals surface area (Å²) in [4.78, 5) is 12.2. The zero-order valence-corrected chi connectivity index (χ0v) is 12.9. The predicted octanol–water partition coefficient (Wildman–Crippen LogP) is 4.96. The van der Waals surface area contributed by atoms with E-state index < -0.39 is 29.0 Å². The summed E-state index contributed by atoms with van der Waals surface area (Å²) in [5, 5.41) is 2.47. The third-order valence-corrected chi connectivity index (χ3v) is 3.70. The average molecular weight is 343 g/mol. The molecule has 0 bridgehead atoms. The number of carbonyl (C=O) groups is 1. The van der Waals surface area contributed by atoms with Crippen molar-refractivity contribution in [2.75, 3.05) is 11.6 Å². The van der Waals surface area contributed by atoms with Crippen molar-refractivity contribution < 1.29 is 22.4 Å². The van der Waals surface area contributed by atoms with Crippen LogP contribution in [-0.2, 0) is 11.9 Å². The standard InChI is InChI=1S/C16H13F4NOS/c1-23-9-10-4-2-3-5-14(10)21-15(22)12-7-6-11(17)8-13(12)16(18,19)20/h2-8H,9H2,1H3,(H,21,22). The van der Waals surface area contributed by atoms with Crippen molar-refractivity contribution in [1.29, 1.82) is 0 Å². The number of hydrogen-bond acceptors (Lipinski definition) is 2. The van der Waals surface area contributed by atoms with Crippen LogP contribution in [0.3, 0.4) is 0 Å². The van der Waals surface area contributed by atoms with Gasteiger partial charge >= 0.3 is 6.18 Å². The average Bonchev–Trinajstić information content (AvgIpc) is 2.48. The third-order valence-electron chi connectivity index (χ3n) is 3.10. The van der Waals surface area contributed by atoms with Gasteiger partial charge in [-0.15, -0.1) is 0 Å². The third kappa shape index (κ3) is 4.25. The molecule has 23 heavy (non-hydrogen) atoms. The van der Waals surface area contributed by atoms with E-state index in [1.807, 2.05) is 6.26 Å². The Morgan fingerprint density at radius 3 is 2.52 bits per heavy atom. The molecule has 2 aromatic rings. The van der Waals surface area contributed by atoms with Gasteiger partial charge in [0.15, 0.2) is 0 Å². The molecule has 0 atom stereocenters.